The maximum absolute atomic E-state index is 11.9. The number of rotatable bonds is 4. The van der Waals surface area contributed by atoms with Crippen molar-refractivity contribution in [3.8, 4) is 0 Å². The van der Waals surface area contributed by atoms with Crippen LogP contribution in [0.3, 0.4) is 0 Å². The molecule has 92 valence electrons. The van der Waals surface area contributed by atoms with Gasteiger partial charge in [-0.1, -0.05) is 0 Å². The third-order valence-electron chi connectivity index (χ3n) is 3.11. The monoisotopic (exact) mass is 235 g/mol. The Morgan fingerprint density at radius 1 is 1.47 bits per heavy atom. The number of aromatic nitrogens is 1. The third kappa shape index (κ3) is 2.39. The Hall–Kier alpha value is -1.62. The van der Waals surface area contributed by atoms with Gasteiger partial charge in [-0.05, 0) is 24.1 Å². The van der Waals surface area contributed by atoms with Crippen LogP contribution in [0.25, 0.3) is 0 Å². The van der Waals surface area contributed by atoms with E-state index in [-0.39, 0.29) is 18.7 Å². The minimum Gasteiger partial charge on any atom is -0.396 e. The highest BCUT2D eigenvalue weighted by Crippen LogP contribution is 2.27. The fourth-order valence-corrected chi connectivity index (χ4v) is 2.13. The summed E-state index contributed by atoms with van der Waals surface area (Å²) < 4.78 is 0. The Labute approximate surface area is 101 Å². The molecule has 1 unspecified atom stereocenters. The molecular formula is C12H17N3O2. The molecule has 1 saturated heterocycles. The van der Waals surface area contributed by atoms with Gasteiger partial charge in [-0.25, -0.2) is 4.79 Å². The molecule has 1 fully saturated rings. The van der Waals surface area contributed by atoms with Crippen LogP contribution >= 0.6 is 0 Å². The summed E-state index contributed by atoms with van der Waals surface area (Å²) in [6.07, 6.45) is 4.11. The normalized spacial score (nSPS) is 20.1. The van der Waals surface area contributed by atoms with Crippen molar-refractivity contribution in [3.63, 3.8) is 0 Å². The average Bonchev–Trinajstić information content (AvgIpc) is 2.65. The first-order valence-electron chi connectivity index (χ1n) is 5.76. The van der Waals surface area contributed by atoms with Gasteiger partial charge in [0.15, 0.2) is 0 Å². The van der Waals surface area contributed by atoms with Crippen LogP contribution in [-0.4, -0.2) is 52.7 Å². The summed E-state index contributed by atoms with van der Waals surface area (Å²) in [6, 6.07) is 3.98. The van der Waals surface area contributed by atoms with E-state index in [4.69, 9.17) is 5.11 Å². The zero-order valence-electron chi connectivity index (χ0n) is 9.91. The zero-order valence-corrected chi connectivity index (χ0v) is 9.91. The van der Waals surface area contributed by atoms with Crippen LogP contribution in [0.2, 0.25) is 0 Å². The fraction of sp³-hybridized carbons (Fsp3) is 0.500. The molecule has 2 heterocycles. The van der Waals surface area contributed by atoms with Crippen LogP contribution in [-0.2, 0) is 0 Å². The average molecular weight is 235 g/mol. The van der Waals surface area contributed by atoms with Gasteiger partial charge in [0.05, 0.1) is 6.04 Å². The second-order valence-corrected chi connectivity index (χ2v) is 4.21. The lowest BCUT2D eigenvalue weighted by Gasteiger charge is -2.17. The maximum atomic E-state index is 11.9. The highest BCUT2D eigenvalue weighted by atomic mass is 16.3. The molecule has 1 aromatic rings. The first kappa shape index (κ1) is 11.9. The second kappa shape index (κ2) is 5.14. The van der Waals surface area contributed by atoms with E-state index in [2.05, 4.69) is 4.98 Å². The van der Waals surface area contributed by atoms with Crippen molar-refractivity contribution in [1.82, 2.24) is 14.8 Å². The lowest BCUT2D eigenvalue weighted by Crippen LogP contribution is -2.30. The van der Waals surface area contributed by atoms with Gasteiger partial charge >= 0.3 is 6.03 Å². The molecule has 0 saturated carbocycles. The van der Waals surface area contributed by atoms with Gasteiger partial charge in [-0.2, -0.15) is 0 Å². The van der Waals surface area contributed by atoms with Crippen LogP contribution in [0.15, 0.2) is 24.5 Å². The number of aliphatic hydroxyl groups excluding tert-OH is 1. The summed E-state index contributed by atoms with van der Waals surface area (Å²) in [5, 5.41) is 8.80. The molecule has 1 N–H and O–H groups in total. The van der Waals surface area contributed by atoms with Gasteiger partial charge < -0.3 is 14.9 Å². The largest absolute Gasteiger partial charge is 0.396 e. The van der Waals surface area contributed by atoms with Crippen LogP contribution in [0.1, 0.15) is 18.0 Å². The molecule has 0 bridgehead atoms. The lowest BCUT2D eigenvalue weighted by molar-refractivity contribution is 0.191. The topological polar surface area (TPSA) is 56.7 Å². The van der Waals surface area contributed by atoms with E-state index in [1.807, 2.05) is 19.2 Å². The number of amides is 2. The molecule has 0 aromatic carbocycles. The van der Waals surface area contributed by atoms with Crippen molar-refractivity contribution in [3.05, 3.63) is 30.1 Å². The van der Waals surface area contributed by atoms with Crippen molar-refractivity contribution in [2.24, 2.45) is 0 Å². The van der Waals surface area contributed by atoms with Crippen molar-refractivity contribution in [1.29, 1.82) is 0 Å². The summed E-state index contributed by atoms with van der Waals surface area (Å²) in [6.45, 7) is 1.41. The van der Waals surface area contributed by atoms with Crippen LogP contribution in [0, 0.1) is 0 Å². The number of carbonyl (C=O) groups excluding carboxylic acids is 1. The molecule has 2 amide bonds. The predicted octanol–water partition coefficient (Wildman–Crippen LogP) is 0.873. The van der Waals surface area contributed by atoms with Gasteiger partial charge in [-0.3, -0.25) is 4.98 Å². The second-order valence-electron chi connectivity index (χ2n) is 4.21. The number of aliphatic hydroxyl groups is 1. The van der Waals surface area contributed by atoms with E-state index < -0.39 is 0 Å². The van der Waals surface area contributed by atoms with E-state index in [1.165, 1.54) is 0 Å². The highest BCUT2D eigenvalue weighted by Gasteiger charge is 2.34. The van der Waals surface area contributed by atoms with E-state index >= 15 is 0 Å². The van der Waals surface area contributed by atoms with E-state index in [9.17, 15) is 4.79 Å². The Balaban J connectivity index is 2.09. The van der Waals surface area contributed by atoms with Crippen molar-refractivity contribution in [2.45, 2.75) is 12.5 Å². The Morgan fingerprint density at radius 3 is 2.82 bits per heavy atom. The summed E-state index contributed by atoms with van der Waals surface area (Å²) in [4.78, 5) is 19.5. The molecule has 5 heteroatoms. The maximum Gasteiger partial charge on any atom is 0.320 e. The van der Waals surface area contributed by atoms with Crippen LogP contribution in [0.4, 0.5) is 4.79 Å². The summed E-state index contributed by atoms with van der Waals surface area (Å²) >= 11 is 0. The van der Waals surface area contributed by atoms with E-state index in [0.29, 0.717) is 19.5 Å². The standard InChI is InChI=1S/C12H17N3O2/c1-14-11(10-3-5-13-6-4-10)9-15(12(14)17)7-2-8-16/h3-6,11,16H,2,7-9H2,1H3. The van der Waals surface area contributed by atoms with Crippen molar-refractivity contribution in [2.75, 3.05) is 26.7 Å². The number of likely N-dealkylation sites (N-methyl/N-ethyl adjacent to an activating group) is 1. The number of carbonyl (C=O) groups is 1. The zero-order chi connectivity index (χ0) is 12.3. The van der Waals surface area contributed by atoms with Gasteiger partial charge in [0.2, 0.25) is 0 Å². The minimum atomic E-state index is 0.0280. The molecular weight excluding hydrogens is 218 g/mol. The number of urea groups is 1. The van der Waals surface area contributed by atoms with E-state index in [0.717, 1.165) is 5.56 Å². The number of nitrogens with zero attached hydrogens (tertiary/aromatic N) is 3. The number of hydrogen-bond acceptors (Lipinski definition) is 3. The molecule has 17 heavy (non-hydrogen) atoms. The molecule has 0 spiro atoms. The molecule has 0 aliphatic carbocycles. The SMILES string of the molecule is CN1C(=O)N(CCCO)CC1c1ccncc1. The Morgan fingerprint density at radius 2 is 2.18 bits per heavy atom. The van der Waals surface area contributed by atoms with E-state index in [1.54, 1.807) is 22.2 Å². The first-order valence-corrected chi connectivity index (χ1v) is 5.76. The van der Waals surface area contributed by atoms with Crippen LogP contribution in [0.5, 0.6) is 0 Å². The molecule has 5 nitrogen and oxygen atoms in total. The lowest BCUT2D eigenvalue weighted by atomic mass is 10.1. The van der Waals surface area contributed by atoms with Gasteiger partial charge in [-0.15, -0.1) is 0 Å². The summed E-state index contributed by atoms with van der Waals surface area (Å²) in [5.74, 6) is 0. The molecule has 1 aliphatic heterocycles. The van der Waals surface area contributed by atoms with Crippen LogP contribution < -0.4 is 0 Å². The smallest absolute Gasteiger partial charge is 0.320 e. The highest BCUT2D eigenvalue weighted by molar-refractivity contribution is 5.77. The predicted molar refractivity (Wildman–Crippen MR) is 63.4 cm³/mol. The summed E-state index contributed by atoms with van der Waals surface area (Å²) in [5.41, 5.74) is 1.10. The minimum absolute atomic E-state index is 0.0280. The quantitative estimate of drug-likeness (QED) is 0.842. The Kier molecular flexibility index (Phi) is 3.58. The van der Waals surface area contributed by atoms with Crippen molar-refractivity contribution < 1.29 is 9.90 Å². The Bertz CT molecular complexity index is 383. The van der Waals surface area contributed by atoms with Gasteiger partial charge in [0.25, 0.3) is 0 Å². The molecule has 1 aliphatic rings. The third-order valence-corrected chi connectivity index (χ3v) is 3.11. The van der Waals surface area contributed by atoms with Gasteiger partial charge in [0.1, 0.15) is 0 Å². The molecule has 1 atom stereocenters. The number of hydrogen-bond donors (Lipinski definition) is 1. The number of pyridine rings is 1. The van der Waals surface area contributed by atoms with Crippen molar-refractivity contribution >= 4 is 6.03 Å². The molecule has 0 radical (unpaired) electrons. The van der Waals surface area contributed by atoms with Gasteiger partial charge in [0, 0.05) is 39.1 Å². The molecule has 1 aromatic heterocycles. The fourth-order valence-electron chi connectivity index (χ4n) is 2.13. The first-order chi connectivity index (χ1) is 8.24. The summed E-state index contributed by atoms with van der Waals surface area (Å²) in [7, 11) is 1.81. The molecule has 2 rings (SSSR count).